The van der Waals surface area contributed by atoms with Crippen LogP contribution in [0.4, 0.5) is 5.95 Å². The number of benzene rings is 1. The number of hydrogen-bond acceptors (Lipinski definition) is 4. The van der Waals surface area contributed by atoms with Gasteiger partial charge in [0.15, 0.2) is 0 Å². The number of anilines is 1. The minimum absolute atomic E-state index is 0.00716. The third kappa shape index (κ3) is 3.23. The number of aromatic nitrogens is 3. The number of rotatable bonds is 5. The van der Waals surface area contributed by atoms with Crippen molar-refractivity contribution in [3.63, 3.8) is 0 Å². The Balaban J connectivity index is 1.88. The number of carbonyl (C=O) groups is 1. The lowest BCUT2D eigenvalue weighted by Crippen LogP contribution is -2.22. The van der Waals surface area contributed by atoms with E-state index in [1.165, 1.54) is 11.3 Å². The first-order valence-electron chi connectivity index (χ1n) is 7.53. The van der Waals surface area contributed by atoms with Gasteiger partial charge < -0.3 is 0 Å². The number of thiazole rings is 1. The molecule has 23 heavy (non-hydrogen) atoms. The molecule has 0 aliphatic rings. The largest absolute Gasteiger partial charge is 0.293 e. The molecule has 0 radical (unpaired) electrons. The van der Waals surface area contributed by atoms with E-state index in [9.17, 15) is 4.79 Å². The molecule has 0 spiro atoms. The zero-order chi connectivity index (χ0) is 16.4. The molecule has 0 saturated heterocycles. The van der Waals surface area contributed by atoms with E-state index >= 15 is 0 Å². The molecule has 0 aliphatic heterocycles. The van der Waals surface area contributed by atoms with E-state index in [4.69, 9.17) is 11.6 Å². The van der Waals surface area contributed by atoms with Gasteiger partial charge >= 0.3 is 0 Å². The molecule has 0 saturated carbocycles. The Bertz CT molecular complexity index is 820. The zero-order valence-corrected chi connectivity index (χ0v) is 14.5. The SMILES string of the molecule is CCC(CC)C(=O)Nc1nc2scc(-c3ccc(Cl)cc3)n2n1. The highest BCUT2D eigenvalue weighted by Crippen LogP contribution is 2.27. The lowest BCUT2D eigenvalue weighted by Gasteiger charge is -2.09. The molecule has 1 N–H and O–H groups in total. The van der Waals surface area contributed by atoms with E-state index in [2.05, 4.69) is 15.4 Å². The number of nitrogens with one attached hydrogen (secondary N) is 1. The second-order valence-corrected chi connectivity index (χ2v) is 6.53. The molecular weight excluding hydrogens is 332 g/mol. The molecule has 1 amide bonds. The number of amides is 1. The van der Waals surface area contributed by atoms with Crippen molar-refractivity contribution in [1.29, 1.82) is 0 Å². The predicted octanol–water partition coefficient (Wildman–Crippen LogP) is 4.49. The summed E-state index contributed by atoms with van der Waals surface area (Å²) in [5, 5.41) is 9.91. The molecule has 5 nitrogen and oxygen atoms in total. The van der Waals surface area contributed by atoms with Crippen molar-refractivity contribution in [2.75, 3.05) is 5.32 Å². The van der Waals surface area contributed by atoms with Crippen molar-refractivity contribution in [2.24, 2.45) is 5.92 Å². The second kappa shape index (κ2) is 6.68. The number of hydrogen-bond donors (Lipinski definition) is 1. The predicted molar refractivity (Wildman–Crippen MR) is 94.0 cm³/mol. The Hall–Kier alpha value is -1.92. The quantitative estimate of drug-likeness (QED) is 0.739. The molecule has 0 atom stereocenters. The molecule has 1 aromatic carbocycles. The number of carbonyl (C=O) groups excluding carboxylic acids is 1. The Morgan fingerprint density at radius 1 is 1.30 bits per heavy atom. The molecule has 0 bridgehead atoms. The maximum atomic E-state index is 12.2. The number of fused-ring (bicyclic) bond motifs is 1. The Morgan fingerprint density at radius 3 is 2.65 bits per heavy atom. The van der Waals surface area contributed by atoms with E-state index in [0.717, 1.165) is 29.1 Å². The van der Waals surface area contributed by atoms with Gasteiger partial charge in [-0.1, -0.05) is 37.6 Å². The van der Waals surface area contributed by atoms with Crippen molar-refractivity contribution in [3.8, 4) is 11.3 Å². The Kier molecular flexibility index (Phi) is 4.63. The van der Waals surface area contributed by atoms with Crippen LogP contribution in [0.15, 0.2) is 29.6 Å². The molecule has 3 rings (SSSR count). The zero-order valence-electron chi connectivity index (χ0n) is 12.9. The van der Waals surface area contributed by atoms with E-state index in [1.807, 2.05) is 43.5 Å². The van der Waals surface area contributed by atoms with Crippen molar-refractivity contribution in [1.82, 2.24) is 14.6 Å². The van der Waals surface area contributed by atoms with Crippen LogP contribution in [-0.4, -0.2) is 20.5 Å². The van der Waals surface area contributed by atoms with Crippen LogP contribution in [0.3, 0.4) is 0 Å². The van der Waals surface area contributed by atoms with Gasteiger partial charge in [0.1, 0.15) is 0 Å². The first-order valence-corrected chi connectivity index (χ1v) is 8.79. The van der Waals surface area contributed by atoms with Crippen LogP contribution in [0.25, 0.3) is 16.2 Å². The second-order valence-electron chi connectivity index (χ2n) is 5.26. The normalized spacial score (nSPS) is 11.3. The van der Waals surface area contributed by atoms with E-state index in [1.54, 1.807) is 4.52 Å². The molecule has 120 valence electrons. The molecule has 3 aromatic rings. The first-order chi connectivity index (χ1) is 11.1. The minimum atomic E-state index is -0.0266. The van der Waals surface area contributed by atoms with E-state index < -0.39 is 0 Å². The van der Waals surface area contributed by atoms with Crippen LogP contribution in [0.1, 0.15) is 26.7 Å². The number of halogens is 1. The lowest BCUT2D eigenvalue weighted by molar-refractivity contribution is -0.120. The smallest absolute Gasteiger partial charge is 0.250 e. The maximum Gasteiger partial charge on any atom is 0.250 e. The maximum absolute atomic E-state index is 12.2. The third-order valence-electron chi connectivity index (χ3n) is 3.81. The van der Waals surface area contributed by atoms with Crippen LogP contribution in [0.5, 0.6) is 0 Å². The van der Waals surface area contributed by atoms with Crippen molar-refractivity contribution < 1.29 is 4.79 Å². The minimum Gasteiger partial charge on any atom is -0.293 e. The summed E-state index contributed by atoms with van der Waals surface area (Å²) in [5.74, 6) is 0.317. The van der Waals surface area contributed by atoms with Crippen molar-refractivity contribution >= 4 is 39.8 Å². The fraction of sp³-hybridized carbons (Fsp3) is 0.312. The lowest BCUT2D eigenvalue weighted by atomic mass is 10.0. The highest BCUT2D eigenvalue weighted by Gasteiger charge is 2.17. The standard InChI is InChI=1S/C16H17ClN4OS/c1-3-10(4-2)14(22)18-15-19-16-21(20-15)13(9-23-16)11-5-7-12(17)8-6-11/h5-10H,3-4H2,1-2H3,(H,18,20,22). The summed E-state index contributed by atoms with van der Waals surface area (Å²) in [6.07, 6.45) is 1.61. The Labute approximate surface area is 143 Å². The molecule has 7 heteroatoms. The van der Waals surface area contributed by atoms with Crippen LogP contribution >= 0.6 is 22.9 Å². The van der Waals surface area contributed by atoms with Gasteiger partial charge in [-0.3, -0.25) is 10.1 Å². The summed E-state index contributed by atoms with van der Waals surface area (Å²) in [6, 6.07) is 7.56. The van der Waals surface area contributed by atoms with Gasteiger partial charge in [0.25, 0.3) is 0 Å². The highest BCUT2D eigenvalue weighted by molar-refractivity contribution is 7.15. The van der Waals surface area contributed by atoms with Gasteiger partial charge in [-0.25, -0.2) is 4.52 Å². The molecule has 2 aromatic heterocycles. The van der Waals surface area contributed by atoms with E-state index in [-0.39, 0.29) is 11.8 Å². The van der Waals surface area contributed by atoms with Gasteiger partial charge in [0.05, 0.1) is 5.69 Å². The van der Waals surface area contributed by atoms with Gasteiger partial charge in [-0.05, 0) is 25.0 Å². The van der Waals surface area contributed by atoms with Gasteiger partial charge in [0.2, 0.25) is 16.8 Å². The van der Waals surface area contributed by atoms with Crippen molar-refractivity contribution in [3.05, 3.63) is 34.7 Å². The van der Waals surface area contributed by atoms with Crippen LogP contribution in [0.2, 0.25) is 5.02 Å². The van der Waals surface area contributed by atoms with Gasteiger partial charge in [0, 0.05) is 21.9 Å². The fourth-order valence-electron chi connectivity index (χ4n) is 2.43. The van der Waals surface area contributed by atoms with Gasteiger partial charge in [-0.15, -0.1) is 16.4 Å². The third-order valence-corrected chi connectivity index (χ3v) is 4.88. The highest BCUT2D eigenvalue weighted by atomic mass is 35.5. The molecule has 0 unspecified atom stereocenters. The fourth-order valence-corrected chi connectivity index (χ4v) is 3.38. The summed E-state index contributed by atoms with van der Waals surface area (Å²) in [7, 11) is 0. The first kappa shape index (κ1) is 16.0. The summed E-state index contributed by atoms with van der Waals surface area (Å²) in [5.41, 5.74) is 1.93. The Morgan fingerprint density at radius 2 is 2.00 bits per heavy atom. The summed E-state index contributed by atoms with van der Waals surface area (Å²) in [4.78, 5) is 17.3. The summed E-state index contributed by atoms with van der Waals surface area (Å²) >= 11 is 7.42. The van der Waals surface area contributed by atoms with Gasteiger partial charge in [-0.2, -0.15) is 4.98 Å². The average Bonchev–Trinajstić information content (AvgIpc) is 3.09. The van der Waals surface area contributed by atoms with Crippen LogP contribution < -0.4 is 5.32 Å². The van der Waals surface area contributed by atoms with Crippen LogP contribution in [-0.2, 0) is 4.79 Å². The average molecular weight is 349 g/mol. The molecule has 2 heterocycles. The molecule has 0 fully saturated rings. The molecular formula is C16H17ClN4OS. The number of nitrogens with zero attached hydrogens (tertiary/aromatic N) is 3. The summed E-state index contributed by atoms with van der Waals surface area (Å²) < 4.78 is 1.75. The van der Waals surface area contributed by atoms with Crippen LogP contribution in [0, 0.1) is 5.92 Å². The van der Waals surface area contributed by atoms with Crippen molar-refractivity contribution in [2.45, 2.75) is 26.7 Å². The monoisotopic (exact) mass is 348 g/mol. The van der Waals surface area contributed by atoms with E-state index in [0.29, 0.717) is 11.0 Å². The topological polar surface area (TPSA) is 59.3 Å². The molecule has 0 aliphatic carbocycles. The summed E-state index contributed by atoms with van der Waals surface area (Å²) in [6.45, 7) is 4.01.